The van der Waals surface area contributed by atoms with Crippen LogP contribution in [-0.4, -0.2) is 16.0 Å². The van der Waals surface area contributed by atoms with E-state index in [0.29, 0.717) is 5.52 Å². The highest BCUT2D eigenvalue weighted by molar-refractivity contribution is 9.10. The number of halogens is 1. The summed E-state index contributed by atoms with van der Waals surface area (Å²) in [6, 6.07) is 14.6. The van der Waals surface area contributed by atoms with Gasteiger partial charge in [0.15, 0.2) is 5.75 Å². The predicted molar refractivity (Wildman–Crippen MR) is 100 cm³/mol. The van der Waals surface area contributed by atoms with Crippen LogP contribution in [0, 0.1) is 0 Å². The Bertz CT molecular complexity index is 863. The van der Waals surface area contributed by atoms with E-state index in [9.17, 15) is 9.90 Å². The average Bonchev–Trinajstić information content (AvgIpc) is 2.56. The number of fused-ring (bicyclic) bond motifs is 1. The van der Waals surface area contributed by atoms with Gasteiger partial charge in [0.1, 0.15) is 5.52 Å². The number of amides is 1. The molecule has 124 valence electrons. The second-order valence-electron chi connectivity index (χ2n) is 5.28. The molecule has 0 aliphatic carbocycles. The van der Waals surface area contributed by atoms with Crippen molar-refractivity contribution >= 4 is 32.7 Å². The van der Waals surface area contributed by atoms with Crippen LogP contribution in [0.2, 0.25) is 0 Å². The molecular formula is C19H19BrN2O2. The number of nitrogens with zero attached hydrogens (tertiary/aromatic N) is 1. The van der Waals surface area contributed by atoms with E-state index in [-0.39, 0.29) is 30.7 Å². The van der Waals surface area contributed by atoms with Crippen LogP contribution in [0.3, 0.4) is 0 Å². The van der Waals surface area contributed by atoms with Crippen molar-refractivity contribution < 1.29 is 9.90 Å². The molecule has 1 amide bonds. The third kappa shape index (κ3) is 3.57. The van der Waals surface area contributed by atoms with E-state index in [1.807, 2.05) is 37.3 Å². The lowest BCUT2D eigenvalue weighted by Crippen LogP contribution is -2.26. The van der Waals surface area contributed by atoms with Crippen LogP contribution < -0.4 is 5.32 Å². The lowest BCUT2D eigenvalue weighted by molar-refractivity contribution is 0.0937. The monoisotopic (exact) mass is 386 g/mol. The van der Waals surface area contributed by atoms with E-state index in [4.69, 9.17) is 0 Å². The number of aromatic nitrogens is 1. The number of hydrogen-bond acceptors (Lipinski definition) is 3. The fourth-order valence-electron chi connectivity index (χ4n) is 2.42. The third-order valence-corrected chi connectivity index (χ3v) is 4.24. The zero-order valence-electron chi connectivity index (χ0n) is 12.5. The predicted octanol–water partition coefficient (Wildman–Crippen LogP) is 4.83. The van der Waals surface area contributed by atoms with E-state index >= 15 is 0 Å². The number of aromatic hydroxyl groups is 1. The molecule has 0 aliphatic heterocycles. The summed E-state index contributed by atoms with van der Waals surface area (Å²) in [6.07, 6.45) is 1.59. The molecule has 2 aromatic carbocycles. The summed E-state index contributed by atoms with van der Waals surface area (Å²) in [4.78, 5) is 16.6. The van der Waals surface area contributed by atoms with Gasteiger partial charge >= 0.3 is 0 Å². The third-order valence-electron chi connectivity index (χ3n) is 3.71. The number of carbonyl (C=O) groups is 1. The molecule has 0 fully saturated rings. The lowest BCUT2D eigenvalue weighted by atomic mass is 10.1. The van der Waals surface area contributed by atoms with E-state index < -0.39 is 0 Å². The molecule has 5 heteroatoms. The Morgan fingerprint density at radius 1 is 1.17 bits per heavy atom. The molecule has 0 saturated carbocycles. The number of nitrogens with one attached hydrogen (secondary N) is 1. The summed E-state index contributed by atoms with van der Waals surface area (Å²) < 4.78 is 0.984. The standard InChI is InChI=1S/C18H15BrN2O2.CH4/c1-11(12-4-7-14(19)8-5-12)21-18(23)15-9-6-13-3-2-10-20-16(13)17(15)22;/h2-11,22H,1H3,(H,21,23);1H4. The van der Waals surface area contributed by atoms with Gasteiger partial charge in [-0.2, -0.15) is 0 Å². The van der Waals surface area contributed by atoms with Crippen molar-refractivity contribution in [3.05, 3.63) is 70.3 Å². The van der Waals surface area contributed by atoms with E-state index in [1.54, 1.807) is 24.4 Å². The van der Waals surface area contributed by atoms with E-state index in [0.717, 1.165) is 15.4 Å². The highest BCUT2D eigenvalue weighted by atomic mass is 79.9. The van der Waals surface area contributed by atoms with Crippen molar-refractivity contribution in [2.75, 3.05) is 0 Å². The summed E-state index contributed by atoms with van der Waals surface area (Å²) >= 11 is 3.39. The van der Waals surface area contributed by atoms with Crippen molar-refractivity contribution in [3.8, 4) is 5.75 Å². The molecule has 4 nitrogen and oxygen atoms in total. The molecule has 1 aromatic heterocycles. The molecule has 0 spiro atoms. The molecule has 24 heavy (non-hydrogen) atoms. The molecule has 3 aromatic rings. The molecule has 1 unspecified atom stereocenters. The first-order chi connectivity index (χ1) is 11.1. The second-order valence-corrected chi connectivity index (χ2v) is 6.20. The van der Waals surface area contributed by atoms with Gasteiger partial charge in [-0.3, -0.25) is 9.78 Å². The highest BCUT2D eigenvalue weighted by Crippen LogP contribution is 2.27. The number of phenolic OH excluding ortho intramolecular Hbond substituents is 1. The highest BCUT2D eigenvalue weighted by Gasteiger charge is 2.17. The summed E-state index contributed by atoms with van der Waals surface area (Å²) in [5.41, 5.74) is 1.64. The lowest BCUT2D eigenvalue weighted by Gasteiger charge is -2.15. The molecular weight excluding hydrogens is 368 g/mol. The van der Waals surface area contributed by atoms with Gasteiger partial charge in [0.05, 0.1) is 11.6 Å². The van der Waals surface area contributed by atoms with Gasteiger partial charge in [-0.1, -0.05) is 47.6 Å². The minimum absolute atomic E-state index is 0. The molecule has 2 N–H and O–H groups in total. The van der Waals surface area contributed by atoms with Crippen molar-refractivity contribution in [1.82, 2.24) is 10.3 Å². The molecule has 0 bridgehead atoms. The minimum atomic E-state index is -0.328. The molecule has 0 radical (unpaired) electrons. The van der Waals surface area contributed by atoms with E-state index in [1.165, 1.54) is 0 Å². The first-order valence-corrected chi connectivity index (χ1v) is 7.98. The first kappa shape index (κ1) is 17.9. The van der Waals surface area contributed by atoms with Crippen LogP contribution in [-0.2, 0) is 0 Å². The van der Waals surface area contributed by atoms with Crippen molar-refractivity contribution in [2.24, 2.45) is 0 Å². The van der Waals surface area contributed by atoms with Gasteiger partial charge in [0.2, 0.25) is 0 Å². The van der Waals surface area contributed by atoms with Crippen LogP contribution in [0.4, 0.5) is 0 Å². The number of hydrogen-bond donors (Lipinski definition) is 2. The Hall–Kier alpha value is -2.40. The molecule has 1 heterocycles. The van der Waals surface area contributed by atoms with Gasteiger partial charge in [-0.05, 0) is 36.8 Å². The summed E-state index contributed by atoms with van der Waals surface area (Å²) in [5, 5.41) is 14.0. The first-order valence-electron chi connectivity index (χ1n) is 7.19. The number of phenols is 1. The largest absolute Gasteiger partial charge is 0.505 e. The molecule has 1 atom stereocenters. The molecule has 0 saturated heterocycles. The normalized spacial score (nSPS) is 11.6. The smallest absolute Gasteiger partial charge is 0.255 e. The Balaban J connectivity index is 0.00000208. The SMILES string of the molecule is C.CC(NC(=O)c1ccc2cccnc2c1O)c1ccc(Br)cc1. The van der Waals surface area contributed by atoms with Crippen LogP contribution >= 0.6 is 15.9 Å². The Morgan fingerprint density at radius 2 is 1.88 bits per heavy atom. The summed E-state index contributed by atoms with van der Waals surface area (Å²) in [5.74, 6) is -0.422. The maximum Gasteiger partial charge on any atom is 0.255 e. The fraction of sp³-hybridized carbons (Fsp3) is 0.158. The van der Waals surface area contributed by atoms with Crippen LogP contribution in [0.25, 0.3) is 10.9 Å². The Labute approximate surface area is 149 Å². The van der Waals surface area contributed by atoms with Gasteiger partial charge in [0, 0.05) is 16.1 Å². The molecule has 3 rings (SSSR count). The number of pyridine rings is 1. The van der Waals surface area contributed by atoms with Gasteiger partial charge in [-0.15, -0.1) is 0 Å². The van der Waals surface area contributed by atoms with Crippen LogP contribution in [0.1, 0.15) is 36.3 Å². The second kappa shape index (κ2) is 7.45. The number of carbonyl (C=O) groups excluding carboxylic acids is 1. The number of benzene rings is 2. The van der Waals surface area contributed by atoms with Crippen molar-refractivity contribution in [1.29, 1.82) is 0 Å². The average molecular weight is 387 g/mol. The van der Waals surface area contributed by atoms with Crippen molar-refractivity contribution in [2.45, 2.75) is 20.4 Å². The van der Waals surface area contributed by atoms with E-state index in [2.05, 4.69) is 26.2 Å². The van der Waals surface area contributed by atoms with Gasteiger partial charge in [-0.25, -0.2) is 0 Å². The summed E-state index contributed by atoms with van der Waals surface area (Å²) in [7, 11) is 0. The van der Waals surface area contributed by atoms with Crippen LogP contribution in [0.15, 0.2) is 59.2 Å². The zero-order chi connectivity index (χ0) is 16.4. The topological polar surface area (TPSA) is 62.2 Å². The van der Waals surface area contributed by atoms with Crippen LogP contribution in [0.5, 0.6) is 5.75 Å². The molecule has 0 aliphatic rings. The summed E-state index contributed by atoms with van der Waals surface area (Å²) in [6.45, 7) is 1.90. The minimum Gasteiger partial charge on any atom is -0.505 e. The van der Waals surface area contributed by atoms with Crippen molar-refractivity contribution in [3.63, 3.8) is 0 Å². The number of rotatable bonds is 3. The van der Waals surface area contributed by atoms with Gasteiger partial charge in [0.25, 0.3) is 5.91 Å². The van der Waals surface area contributed by atoms with Gasteiger partial charge < -0.3 is 10.4 Å². The Kier molecular flexibility index (Phi) is 5.57. The Morgan fingerprint density at radius 3 is 2.58 bits per heavy atom. The maximum atomic E-state index is 12.5. The fourth-order valence-corrected chi connectivity index (χ4v) is 2.69. The quantitative estimate of drug-likeness (QED) is 0.677. The maximum absolute atomic E-state index is 12.5. The zero-order valence-corrected chi connectivity index (χ0v) is 14.0.